The van der Waals surface area contributed by atoms with Crippen LogP contribution >= 0.6 is 0 Å². The molecule has 6 nitrogen and oxygen atoms in total. The number of hydrogen-bond donors (Lipinski definition) is 4. The Balaban J connectivity index is 3.87. The number of hydrogen-bond acceptors (Lipinski definition) is 3. The maximum atomic E-state index is 4.46. The molecule has 0 spiro atoms. The molecule has 0 saturated heterocycles. The molecule has 1 atom stereocenters. The van der Waals surface area contributed by atoms with Crippen LogP contribution in [0.3, 0.4) is 0 Å². The van der Waals surface area contributed by atoms with Crippen LogP contribution in [0, 0.1) is 0 Å². The summed E-state index contributed by atoms with van der Waals surface area (Å²) in [6.07, 6.45) is 0.0388. The Morgan fingerprint density at radius 2 is 1.61 bits per heavy atom. The van der Waals surface area contributed by atoms with Gasteiger partial charge in [0.2, 0.25) is 0 Å². The van der Waals surface area contributed by atoms with Gasteiger partial charge in [0.15, 0.2) is 5.96 Å². The molecule has 0 aliphatic carbocycles. The van der Waals surface area contributed by atoms with Gasteiger partial charge >= 0.3 is 0 Å². The summed E-state index contributed by atoms with van der Waals surface area (Å²) >= 11 is 0. The lowest BCUT2D eigenvalue weighted by Gasteiger charge is -2.18. The van der Waals surface area contributed by atoms with Gasteiger partial charge in [-0.25, -0.2) is 5.32 Å². The highest BCUT2D eigenvalue weighted by atomic mass is 15.3. The molecule has 0 aromatic heterocycles. The lowest BCUT2D eigenvalue weighted by atomic mass is 10.5. The summed E-state index contributed by atoms with van der Waals surface area (Å²) in [6.45, 7) is 13.3. The Morgan fingerprint density at radius 3 is 2.11 bits per heavy atom. The SMILES string of the molecule is CC[N]C(NCC)NCCN=C(NCC)NCC. The summed E-state index contributed by atoms with van der Waals surface area (Å²) in [6, 6.07) is 0. The third-order valence-corrected chi connectivity index (χ3v) is 2.17. The van der Waals surface area contributed by atoms with Crippen LogP contribution in [0.5, 0.6) is 0 Å². The first-order chi connectivity index (χ1) is 8.78. The number of nitrogens with zero attached hydrogens (tertiary/aromatic N) is 2. The second-order valence-corrected chi connectivity index (χ2v) is 3.70. The van der Waals surface area contributed by atoms with E-state index in [0.29, 0.717) is 0 Å². The molecule has 0 fully saturated rings. The zero-order chi connectivity index (χ0) is 13.6. The van der Waals surface area contributed by atoms with E-state index < -0.39 is 0 Å². The van der Waals surface area contributed by atoms with Crippen molar-refractivity contribution in [2.24, 2.45) is 4.99 Å². The minimum Gasteiger partial charge on any atom is -0.357 e. The summed E-state index contributed by atoms with van der Waals surface area (Å²) in [4.78, 5) is 4.46. The summed E-state index contributed by atoms with van der Waals surface area (Å²) in [5, 5.41) is 17.4. The highest BCUT2D eigenvalue weighted by Gasteiger charge is 2.03. The van der Waals surface area contributed by atoms with Crippen LogP contribution in [-0.2, 0) is 0 Å². The Hall–Kier alpha value is -0.850. The van der Waals surface area contributed by atoms with Crippen molar-refractivity contribution in [1.82, 2.24) is 26.6 Å². The summed E-state index contributed by atoms with van der Waals surface area (Å²) in [5.41, 5.74) is 0. The van der Waals surface area contributed by atoms with Crippen molar-refractivity contribution in [3.63, 3.8) is 0 Å². The predicted octanol–water partition coefficient (Wildman–Crippen LogP) is -0.332. The third-order valence-electron chi connectivity index (χ3n) is 2.17. The van der Waals surface area contributed by atoms with Gasteiger partial charge < -0.3 is 10.6 Å². The Morgan fingerprint density at radius 1 is 0.944 bits per heavy atom. The highest BCUT2D eigenvalue weighted by molar-refractivity contribution is 5.79. The van der Waals surface area contributed by atoms with E-state index >= 15 is 0 Å². The fourth-order valence-electron chi connectivity index (χ4n) is 1.46. The van der Waals surface area contributed by atoms with Crippen molar-refractivity contribution in [3.05, 3.63) is 0 Å². The maximum Gasteiger partial charge on any atom is 0.191 e. The minimum absolute atomic E-state index is 0.0388. The van der Waals surface area contributed by atoms with Crippen molar-refractivity contribution in [3.8, 4) is 0 Å². The molecule has 107 valence electrons. The highest BCUT2D eigenvalue weighted by Crippen LogP contribution is 1.77. The van der Waals surface area contributed by atoms with Crippen LogP contribution in [-0.4, -0.2) is 51.5 Å². The molecule has 0 aromatic carbocycles. The smallest absolute Gasteiger partial charge is 0.191 e. The average molecular weight is 257 g/mol. The molecule has 0 aliphatic heterocycles. The van der Waals surface area contributed by atoms with Crippen molar-refractivity contribution >= 4 is 5.96 Å². The molecule has 0 rings (SSSR count). The fraction of sp³-hybridized carbons (Fsp3) is 0.917. The van der Waals surface area contributed by atoms with Crippen LogP contribution < -0.4 is 26.6 Å². The van der Waals surface area contributed by atoms with E-state index in [1.807, 2.05) is 6.92 Å². The number of guanidine groups is 1. The quantitative estimate of drug-likeness (QED) is 0.187. The predicted molar refractivity (Wildman–Crippen MR) is 77.8 cm³/mol. The molecule has 0 saturated carbocycles. The van der Waals surface area contributed by atoms with Crippen molar-refractivity contribution in [1.29, 1.82) is 0 Å². The largest absolute Gasteiger partial charge is 0.357 e. The van der Waals surface area contributed by atoms with E-state index in [1.165, 1.54) is 0 Å². The fourth-order valence-corrected chi connectivity index (χ4v) is 1.46. The second-order valence-electron chi connectivity index (χ2n) is 3.70. The summed E-state index contributed by atoms with van der Waals surface area (Å²) in [5.74, 6) is 0.870. The second kappa shape index (κ2) is 12.6. The molecule has 0 amide bonds. The Bertz CT molecular complexity index is 193. The molecule has 18 heavy (non-hydrogen) atoms. The molecule has 0 aliphatic rings. The minimum atomic E-state index is 0.0388. The van der Waals surface area contributed by atoms with Crippen molar-refractivity contribution < 1.29 is 0 Å². The molecule has 0 bridgehead atoms. The van der Waals surface area contributed by atoms with Crippen LogP contribution in [0.2, 0.25) is 0 Å². The van der Waals surface area contributed by atoms with Gasteiger partial charge in [0, 0.05) is 26.2 Å². The van der Waals surface area contributed by atoms with E-state index in [1.54, 1.807) is 0 Å². The zero-order valence-electron chi connectivity index (χ0n) is 12.2. The van der Waals surface area contributed by atoms with E-state index in [2.05, 4.69) is 52.3 Å². The van der Waals surface area contributed by atoms with Crippen LogP contribution in [0.25, 0.3) is 0 Å². The molecule has 0 heterocycles. The third kappa shape index (κ3) is 9.21. The molecule has 0 aromatic rings. The molecular formula is C12H29N6. The first kappa shape index (κ1) is 17.2. The van der Waals surface area contributed by atoms with E-state index in [-0.39, 0.29) is 6.29 Å². The number of nitrogens with one attached hydrogen (secondary N) is 4. The average Bonchev–Trinajstić information content (AvgIpc) is 2.35. The molecular weight excluding hydrogens is 228 g/mol. The molecule has 1 radical (unpaired) electrons. The van der Waals surface area contributed by atoms with Gasteiger partial charge in [-0.2, -0.15) is 0 Å². The van der Waals surface area contributed by atoms with Crippen LogP contribution in [0.4, 0.5) is 0 Å². The normalized spacial score (nSPS) is 10.5. The van der Waals surface area contributed by atoms with E-state index in [4.69, 9.17) is 0 Å². The lowest BCUT2D eigenvalue weighted by Crippen LogP contribution is -2.49. The van der Waals surface area contributed by atoms with Gasteiger partial charge in [0.1, 0.15) is 6.29 Å². The first-order valence-electron chi connectivity index (χ1n) is 6.93. The summed E-state index contributed by atoms with van der Waals surface area (Å²) in [7, 11) is 0. The lowest BCUT2D eigenvalue weighted by molar-refractivity contribution is 0.366. The van der Waals surface area contributed by atoms with Crippen molar-refractivity contribution in [2.75, 3.05) is 39.3 Å². The van der Waals surface area contributed by atoms with Crippen LogP contribution in [0.15, 0.2) is 4.99 Å². The first-order valence-corrected chi connectivity index (χ1v) is 6.93. The van der Waals surface area contributed by atoms with E-state index in [9.17, 15) is 0 Å². The Kier molecular flexibility index (Phi) is 12.0. The van der Waals surface area contributed by atoms with E-state index in [0.717, 1.165) is 45.2 Å². The number of aliphatic imine (C=N–C) groups is 1. The standard InChI is InChI=1S/C12H29N6/c1-5-13-11(14-6-2)17-9-10-18-12(15-7-3)16-8-4/h11,13,17H,5-10H2,1-4H3,(H2,15,16,18). The summed E-state index contributed by atoms with van der Waals surface area (Å²) < 4.78 is 0. The van der Waals surface area contributed by atoms with Gasteiger partial charge in [0.25, 0.3) is 0 Å². The van der Waals surface area contributed by atoms with Crippen LogP contribution in [0.1, 0.15) is 27.7 Å². The van der Waals surface area contributed by atoms with Gasteiger partial charge in [-0.05, 0) is 20.4 Å². The molecule has 6 heteroatoms. The van der Waals surface area contributed by atoms with Gasteiger partial charge in [-0.3, -0.25) is 15.6 Å². The molecule has 1 unspecified atom stereocenters. The van der Waals surface area contributed by atoms with Crippen molar-refractivity contribution in [2.45, 2.75) is 34.0 Å². The molecule has 4 N–H and O–H groups in total. The van der Waals surface area contributed by atoms with Gasteiger partial charge in [-0.15, -0.1) is 0 Å². The zero-order valence-corrected chi connectivity index (χ0v) is 12.2. The topological polar surface area (TPSA) is 74.6 Å². The van der Waals surface area contributed by atoms with Gasteiger partial charge in [-0.1, -0.05) is 13.8 Å². The maximum absolute atomic E-state index is 4.46. The Labute approximate surface area is 111 Å². The van der Waals surface area contributed by atoms with Gasteiger partial charge in [0.05, 0.1) is 6.54 Å². The number of rotatable bonds is 10. The monoisotopic (exact) mass is 257 g/mol.